The number of rotatable bonds is 7. The molecule has 0 fully saturated rings. The van der Waals surface area contributed by atoms with Gasteiger partial charge in [0.25, 0.3) is 5.91 Å². The van der Waals surface area contributed by atoms with Crippen LogP contribution in [0.25, 0.3) is 0 Å². The lowest BCUT2D eigenvalue weighted by Crippen LogP contribution is -2.28. The highest BCUT2D eigenvalue weighted by molar-refractivity contribution is 9.10. The normalized spacial score (nSPS) is 11.1. The van der Waals surface area contributed by atoms with Gasteiger partial charge >= 0.3 is 0 Å². The van der Waals surface area contributed by atoms with Gasteiger partial charge in [0.15, 0.2) is 0 Å². The average Bonchev–Trinajstić information content (AvgIpc) is 2.55. The summed E-state index contributed by atoms with van der Waals surface area (Å²) >= 11 is 3.23. The van der Waals surface area contributed by atoms with Gasteiger partial charge in [0.2, 0.25) is 15.9 Å². The number of nitrogens with two attached hydrogens (primary N) is 1. The van der Waals surface area contributed by atoms with Crippen LogP contribution >= 0.6 is 15.9 Å². The molecule has 0 atom stereocenters. The summed E-state index contributed by atoms with van der Waals surface area (Å²) < 4.78 is 27.3. The molecule has 7 nitrogen and oxygen atoms in total. The molecule has 0 bridgehead atoms. The summed E-state index contributed by atoms with van der Waals surface area (Å²) in [6.07, 6.45) is -0.0944. The fourth-order valence-electron chi connectivity index (χ4n) is 2.02. The quantitative estimate of drug-likeness (QED) is 0.626. The number of benzene rings is 2. The minimum Gasteiger partial charge on any atom is -0.366 e. The van der Waals surface area contributed by atoms with Crippen molar-refractivity contribution < 1.29 is 18.0 Å². The highest BCUT2D eigenvalue weighted by Crippen LogP contribution is 2.15. The van der Waals surface area contributed by atoms with Crippen LogP contribution in [0, 0.1) is 0 Å². The molecular formula is C16H16BrN3O4S. The largest absolute Gasteiger partial charge is 0.366 e. The number of anilines is 1. The molecule has 0 aliphatic heterocycles. The van der Waals surface area contributed by atoms with Gasteiger partial charge in [-0.2, -0.15) is 0 Å². The van der Waals surface area contributed by atoms with Crippen molar-refractivity contribution in [3.05, 3.63) is 58.6 Å². The second-order valence-electron chi connectivity index (χ2n) is 5.06. The molecule has 0 saturated heterocycles. The maximum Gasteiger partial charge on any atom is 0.250 e. The molecule has 0 aliphatic carbocycles. The third kappa shape index (κ3) is 5.38. The van der Waals surface area contributed by atoms with E-state index in [1.807, 2.05) is 0 Å². The van der Waals surface area contributed by atoms with Gasteiger partial charge in [0.05, 0.1) is 16.1 Å². The molecule has 2 rings (SSSR count). The van der Waals surface area contributed by atoms with Crippen molar-refractivity contribution in [3.8, 4) is 0 Å². The van der Waals surface area contributed by atoms with Crippen LogP contribution in [0.3, 0.4) is 0 Å². The Morgan fingerprint density at radius 3 is 2.32 bits per heavy atom. The first-order chi connectivity index (χ1) is 11.8. The Labute approximate surface area is 153 Å². The molecule has 2 aromatic rings. The Balaban J connectivity index is 1.92. The number of primary amides is 1. The molecule has 0 spiro atoms. The first kappa shape index (κ1) is 19.1. The fraction of sp³-hybridized carbons (Fsp3) is 0.125. The van der Waals surface area contributed by atoms with E-state index >= 15 is 0 Å². The number of nitrogens with one attached hydrogen (secondary N) is 2. The van der Waals surface area contributed by atoms with Crippen molar-refractivity contribution in [2.75, 3.05) is 11.9 Å². The zero-order chi connectivity index (χ0) is 18.4. The van der Waals surface area contributed by atoms with Crippen molar-refractivity contribution in [1.29, 1.82) is 0 Å². The van der Waals surface area contributed by atoms with E-state index < -0.39 is 21.8 Å². The Bertz CT molecular complexity index is 883. The van der Waals surface area contributed by atoms with Gasteiger partial charge in [-0.25, -0.2) is 13.1 Å². The van der Waals surface area contributed by atoms with Gasteiger partial charge in [0.1, 0.15) is 0 Å². The van der Waals surface area contributed by atoms with Crippen LogP contribution in [0.1, 0.15) is 16.8 Å². The first-order valence-electron chi connectivity index (χ1n) is 7.23. The lowest BCUT2D eigenvalue weighted by Gasteiger charge is -2.10. The SMILES string of the molecule is NC(=O)c1ccccc1NC(=O)CCNS(=O)(=O)c1ccc(Br)cc1. The Morgan fingerprint density at radius 2 is 1.68 bits per heavy atom. The third-order valence-electron chi connectivity index (χ3n) is 3.23. The number of hydrogen-bond acceptors (Lipinski definition) is 4. The zero-order valence-electron chi connectivity index (χ0n) is 13.0. The second-order valence-corrected chi connectivity index (χ2v) is 7.74. The van der Waals surface area contributed by atoms with E-state index in [-0.39, 0.29) is 29.1 Å². The second kappa shape index (κ2) is 8.24. The molecule has 132 valence electrons. The third-order valence-corrected chi connectivity index (χ3v) is 5.24. The van der Waals surface area contributed by atoms with E-state index in [1.54, 1.807) is 30.3 Å². The average molecular weight is 426 g/mol. The highest BCUT2D eigenvalue weighted by atomic mass is 79.9. The van der Waals surface area contributed by atoms with Gasteiger partial charge in [0, 0.05) is 17.4 Å². The molecule has 0 unspecified atom stereocenters. The Morgan fingerprint density at radius 1 is 1.04 bits per heavy atom. The van der Waals surface area contributed by atoms with Gasteiger partial charge in [-0.15, -0.1) is 0 Å². The molecule has 9 heteroatoms. The number of hydrogen-bond donors (Lipinski definition) is 3. The number of carbonyl (C=O) groups excluding carboxylic acids is 2. The molecule has 0 saturated carbocycles. The van der Waals surface area contributed by atoms with Crippen molar-refractivity contribution in [1.82, 2.24) is 4.72 Å². The summed E-state index contributed by atoms with van der Waals surface area (Å²) in [7, 11) is -3.69. The van der Waals surface area contributed by atoms with E-state index in [0.29, 0.717) is 0 Å². The van der Waals surface area contributed by atoms with E-state index in [0.717, 1.165) is 4.47 Å². The number of carbonyl (C=O) groups is 2. The van der Waals surface area contributed by atoms with Crippen molar-refractivity contribution in [2.24, 2.45) is 5.73 Å². The van der Waals surface area contributed by atoms with E-state index in [4.69, 9.17) is 5.73 Å². The summed E-state index contributed by atoms with van der Waals surface area (Å²) in [5, 5.41) is 2.54. The maximum absolute atomic E-state index is 12.1. The van der Waals surface area contributed by atoms with E-state index in [9.17, 15) is 18.0 Å². The maximum atomic E-state index is 12.1. The van der Waals surface area contributed by atoms with E-state index in [2.05, 4.69) is 26.0 Å². The van der Waals surface area contributed by atoms with Crippen LogP contribution in [0.2, 0.25) is 0 Å². The van der Waals surface area contributed by atoms with Crippen LogP contribution in [0.4, 0.5) is 5.69 Å². The molecule has 0 aliphatic rings. The molecule has 0 aromatic heterocycles. The van der Waals surface area contributed by atoms with Crippen molar-refractivity contribution >= 4 is 43.5 Å². The van der Waals surface area contributed by atoms with Crippen LogP contribution in [0.15, 0.2) is 57.9 Å². The first-order valence-corrected chi connectivity index (χ1v) is 9.51. The Hall–Kier alpha value is -2.23. The number of para-hydroxylation sites is 1. The summed E-state index contributed by atoms with van der Waals surface area (Å²) in [5.41, 5.74) is 5.71. The lowest BCUT2D eigenvalue weighted by molar-refractivity contribution is -0.116. The summed E-state index contributed by atoms with van der Waals surface area (Å²) in [6, 6.07) is 12.5. The smallest absolute Gasteiger partial charge is 0.250 e. The summed E-state index contributed by atoms with van der Waals surface area (Å²) in [5.74, 6) is -1.10. The van der Waals surface area contributed by atoms with Gasteiger partial charge in [-0.1, -0.05) is 28.1 Å². The van der Waals surface area contributed by atoms with Crippen LogP contribution in [-0.2, 0) is 14.8 Å². The van der Waals surface area contributed by atoms with E-state index in [1.165, 1.54) is 18.2 Å². The number of amides is 2. The predicted molar refractivity (Wildman–Crippen MR) is 97.5 cm³/mol. The highest BCUT2D eigenvalue weighted by Gasteiger charge is 2.15. The zero-order valence-corrected chi connectivity index (χ0v) is 15.4. The van der Waals surface area contributed by atoms with Crippen LogP contribution in [0.5, 0.6) is 0 Å². The number of sulfonamides is 1. The minimum absolute atomic E-state index is 0.0804. The molecule has 2 amide bonds. The van der Waals surface area contributed by atoms with Gasteiger partial charge < -0.3 is 11.1 Å². The predicted octanol–water partition coefficient (Wildman–Crippen LogP) is 1.86. The molecule has 0 radical (unpaired) electrons. The summed E-state index contributed by atoms with van der Waals surface area (Å²) in [6.45, 7) is -0.0804. The molecular weight excluding hydrogens is 410 g/mol. The standard InChI is InChI=1S/C16H16BrN3O4S/c17-11-5-7-12(8-6-11)25(23,24)19-10-9-15(21)20-14-4-2-1-3-13(14)16(18)22/h1-8,19H,9-10H2,(H2,18,22)(H,20,21). The van der Waals surface area contributed by atoms with Crippen LogP contribution < -0.4 is 15.8 Å². The molecule has 4 N–H and O–H groups in total. The minimum atomic E-state index is -3.69. The summed E-state index contributed by atoms with van der Waals surface area (Å²) in [4.78, 5) is 23.4. The van der Waals surface area contributed by atoms with Gasteiger partial charge in [-0.3, -0.25) is 9.59 Å². The number of halogens is 1. The Kier molecular flexibility index (Phi) is 6.29. The van der Waals surface area contributed by atoms with Gasteiger partial charge in [-0.05, 0) is 36.4 Å². The molecule has 2 aromatic carbocycles. The molecule has 25 heavy (non-hydrogen) atoms. The van der Waals surface area contributed by atoms with Crippen molar-refractivity contribution in [2.45, 2.75) is 11.3 Å². The molecule has 0 heterocycles. The topological polar surface area (TPSA) is 118 Å². The lowest BCUT2D eigenvalue weighted by atomic mass is 10.1. The fourth-order valence-corrected chi connectivity index (χ4v) is 3.31. The monoisotopic (exact) mass is 425 g/mol. The van der Waals surface area contributed by atoms with Crippen LogP contribution in [-0.4, -0.2) is 26.8 Å². The van der Waals surface area contributed by atoms with Crippen molar-refractivity contribution in [3.63, 3.8) is 0 Å².